The third kappa shape index (κ3) is 4.63. The van der Waals surface area contributed by atoms with Crippen LogP contribution in [0, 0.1) is 5.82 Å². The Balaban J connectivity index is 1.76. The van der Waals surface area contributed by atoms with E-state index in [4.69, 9.17) is 9.15 Å². The van der Waals surface area contributed by atoms with Crippen molar-refractivity contribution in [2.24, 2.45) is 0 Å². The van der Waals surface area contributed by atoms with Gasteiger partial charge in [0.1, 0.15) is 17.1 Å². The summed E-state index contributed by atoms with van der Waals surface area (Å²) in [7, 11) is 0. The van der Waals surface area contributed by atoms with Gasteiger partial charge in [-0.05, 0) is 37.3 Å². The van der Waals surface area contributed by atoms with Gasteiger partial charge in [0.25, 0.3) is 5.24 Å². The van der Waals surface area contributed by atoms with Gasteiger partial charge in [0.2, 0.25) is 5.91 Å². The fourth-order valence-corrected chi connectivity index (χ4v) is 4.22. The van der Waals surface area contributed by atoms with E-state index < -0.39 is 11.4 Å². The molecule has 3 rings (SSSR count). The van der Waals surface area contributed by atoms with Gasteiger partial charge in [-0.3, -0.25) is 14.5 Å². The normalized spacial score (nSPS) is 14.2. The molecule has 1 aromatic carbocycles. The van der Waals surface area contributed by atoms with Crippen molar-refractivity contribution >= 4 is 33.9 Å². The number of unbranched alkanes of at least 4 members (excludes halogenated alkanes) is 1. The van der Waals surface area contributed by atoms with Crippen LogP contribution in [0.5, 0.6) is 5.75 Å². The zero-order chi connectivity index (χ0) is 21.0. The Labute approximate surface area is 172 Å². The third-order valence-electron chi connectivity index (χ3n) is 4.84. The second-order valence-corrected chi connectivity index (χ2v) is 7.82. The van der Waals surface area contributed by atoms with E-state index in [9.17, 15) is 18.8 Å². The number of hydrogen-bond donors (Lipinski definition) is 0. The molecule has 2 heterocycles. The monoisotopic (exact) mass is 421 g/mol. The van der Waals surface area contributed by atoms with E-state index in [1.807, 2.05) is 13.8 Å². The summed E-state index contributed by atoms with van der Waals surface area (Å²) in [5.74, 6) is 0.118. The van der Waals surface area contributed by atoms with Crippen LogP contribution in [0.3, 0.4) is 0 Å². The predicted octanol–water partition coefficient (Wildman–Crippen LogP) is 4.30. The minimum absolute atomic E-state index is 0.147. The molecule has 1 aliphatic heterocycles. The number of benzene rings is 1. The topological polar surface area (TPSA) is 76.8 Å². The Morgan fingerprint density at radius 1 is 1.21 bits per heavy atom. The minimum atomic E-state index is -0.725. The summed E-state index contributed by atoms with van der Waals surface area (Å²) in [6.07, 6.45) is 3.40. The molecule has 0 atom stereocenters. The van der Waals surface area contributed by atoms with E-state index in [1.54, 1.807) is 6.07 Å². The van der Waals surface area contributed by atoms with Crippen molar-refractivity contribution in [2.45, 2.75) is 46.0 Å². The van der Waals surface area contributed by atoms with Gasteiger partial charge in [-0.15, -0.1) is 0 Å². The molecule has 1 aliphatic rings. The Hall–Kier alpha value is -2.35. The molecule has 0 radical (unpaired) electrons. The van der Waals surface area contributed by atoms with Gasteiger partial charge in [0.05, 0.1) is 23.8 Å². The van der Waals surface area contributed by atoms with E-state index in [2.05, 4.69) is 0 Å². The molecular formula is C21H24FNO5S. The molecule has 0 N–H and O–H groups in total. The number of aryl methyl sites for hydroxylation is 2. The SMILES string of the molecule is CCCc1cc2c(F)cc(=O)oc2c(CC)c1OCCCCN1C(=O)CSC1=O. The number of hydrogen-bond acceptors (Lipinski definition) is 6. The number of carbonyl (C=O) groups excluding carboxylic acids is 2. The third-order valence-corrected chi connectivity index (χ3v) is 5.70. The molecule has 8 heteroatoms. The zero-order valence-electron chi connectivity index (χ0n) is 16.6. The van der Waals surface area contributed by atoms with Crippen molar-refractivity contribution in [1.82, 2.24) is 4.90 Å². The fourth-order valence-electron chi connectivity index (χ4n) is 3.47. The highest BCUT2D eigenvalue weighted by Crippen LogP contribution is 2.34. The smallest absolute Gasteiger partial charge is 0.339 e. The number of ether oxygens (including phenoxy) is 1. The van der Waals surface area contributed by atoms with Crippen LogP contribution in [0.1, 0.15) is 44.2 Å². The Kier molecular flexibility index (Phi) is 6.95. The zero-order valence-corrected chi connectivity index (χ0v) is 17.4. The number of thioether (sulfide) groups is 1. The van der Waals surface area contributed by atoms with Crippen LogP contribution in [0.4, 0.5) is 9.18 Å². The standard InChI is InChI=1S/C21H24FNO5S/c1-3-7-13-10-15-16(22)11-18(25)28-20(15)14(4-2)19(13)27-9-6-5-8-23-17(24)12-29-21(23)26/h10-11H,3-9,12H2,1-2H3. The highest BCUT2D eigenvalue weighted by Gasteiger charge is 2.29. The minimum Gasteiger partial charge on any atom is -0.493 e. The van der Waals surface area contributed by atoms with Gasteiger partial charge < -0.3 is 9.15 Å². The molecule has 6 nitrogen and oxygen atoms in total. The Bertz CT molecular complexity index is 971. The average Bonchev–Trinajstić information content (AvgIpc) is 3.00. The van der Waals surface area contributed by atoms with Gasteiger partial charge in [-0.2, -0.15) is 0 Å². The van der Waals surface area contributed by atoms with Crippen LogP contribution in [-0.4, -0.2) is 35.0 Å². The predicted molar refractivity (Wildman–Crippen MR) is 110 cm³/mol. The van der Waals surface area contributed by atoms with Crippen molar-refractivity contribution in [3.05, 3.63) is 39.5 Å². The highest BCUT2D eigenvalue weighted by atomic mass is 32.2. The highest BCUT2D eigenvalue weighted by molar-refractivity contribution is 8.14. The van der Waals surface area contributed by atoms with Gasteiger partial charge >= 0.3 is 5.63 Å². The molecule has 29 heavy (non-hydrogen) atoms. The first-order chi connectivity index (χ1) is 14.0. The molecule has 0 unspecified atom stereocenters. The number of amides is 2. The lowest BCUT2D eigenvalue weighted by molar-refractivity contribution is -0.124. The van der Waals surface area contributed by atoms with Crippen molar-refractivity contribution in [3.63, 3.8) is 0 Å². The summed E-state index contributed by atoms with van der Waals surface area (Å²) in [6.45, 7) is 4.71. The fraction of sp³-hybridized carbons (Fsp3) is 0.476. The average molecular weight is 421 g/mol. The Morgan fingerprint density at radius 2 is 2.00 bits per heavy atom. The van der Waals surface area contributed by atoms with Gasteiger partial charge in [0.15, 0.2) is 0 Å². The van der Waals surface area contributed by atoms with Crippen molar-refractivity contribution in [2.75, 3.05) is 18.9 Å². The number of halogens is 1. The van der Waals surface area contributed by atoms with E-state index in [-0.39, 0.29) is 22.5 Å². The molecule has 2 aromatic rings. The summed E-state index contributed by atoms with van der Waals surface area (Å²) >= 11 is 1.03. The van der Waals surface area contributed by atoms with Crippen LogP contribution in [0.2, 0.25) is 0 Å². The lowest BCUT2D eigenvalue weighted by atomic mass is 9.99. The van der Waals surface area contributed by atoms with Crippen LogP contribution >= 0.6 is 11.8 Å². The number of carbonyl (C=O) groups is 2. The number of nitrogens with zero attached hydrogens (tertiary/aromatic N) is 1. The summed E-state index contributed by atoms with van der Waals surface area (Å²) < 4.78 is 25.7. The summed E-state index contributed by atoms with van der Waals surface area (Å²) in [6, 6.07) is 2.56. The van der Waals surface area contributed by atoms with E-state index >= 15 is 0 Å². The molecule has 0 bridgehead atoms. The summed E-state index contributed by atoms with van der Waals surface area (Å²) in [5, 5.41) is 0.0989. The van der Waals surface area contributed by atoms with Crippen LogP contribution in [-0.2, 0) is 17.6 Å². The van der Waals surface area contributed by atoms with Gasteiger partial charge in [-0.1, -0.05) is 32.0 Å². The first-order valence-corrected chi connectivity index (χ1v) is 10.8. The maximum atomic E-state index is 14.3. The molecular weight excluding hydrogens is 397 g/mol. The maximum absolute atomic E-state index is 14.3. The number of imide groups is 1. The molecule has 1 fully saturated rings. The first-order valence-electron chi connectivity index (χ1n) is 9.84. The van der Waals surface area contributed by atoms with Crippen molar-refractivity contribution < 1.29 is 23.1 Å². The Morgan fingerprint density at radius 3 is 2.66 bits per heavy atom. The molecule has 1 aromatic heterocycles. The molecule has 1 saturated heterocycles. The maximum Gasteiger partial charge on any atom is 0.339 e. The van der Waals surface area contributed by atoms with Crippen LogP contribution in [0.25, 0.3) is 11.0 Å². The molecule has 156 valence electrons. The summed E-state index contributed by atoms with van der Waals surface area (Å²) in [4.78, 5) is 36.2. The first kappa shape index (κ1) is 21.4. The lowest BCUT2D eigenvalue weighted by Crippen LogP contribution is -2.29. The molecule has 0 spiro atoms. The van der Waals surface area contributed by atoms with Crippen molar-refractivity contribution in [3.8, 4) is 5.75 Å². The second kappa shape index (κ2) is 9.43. The van der Waals surface area contributed by atoms with Crippen molar-refractivity contribution in [1.29, 1.82) is 0 Å². The van der Waals surface area contributed by atoms with Crippen LogP contribution < -0.4 is 10.4 Å². The molecule has 0 aliphatic carbocycles. The largest absolute Gasteiger partial charge is 0.493 e. The number of rotatable bonds is 9. The summed E-state index contributed by atoms with van der Waals surface area (Å²) in [5.41, 5.74) is 1.07. The van der Waals surface area contributed by atoms with E-state index in [0.29, 0.717) is 55.5 Å². The van der Waals surface area contributed by atoms with E-state index in [0.717, 1.165) is 29.8 Å². The quantitative estimate of drug-likeness (QED) is 0.444. The second-order valence-electron chi connectivity index (χ2n) is 6.89. The van der Waals surface area contributed by atoms with Gasteiger partial charge in [0, 0.05) is 12.1 Å². The molecule has 2 amide bonds. The van der Waals surface area contributed by atoms with Gasteiger partial charge in [-0.25, -0.2) is 9.18 Å². The van der Waals surface area contributed by atoms with Crippen LogP contribution in [0.15, 0.2) is 21.3 Å². The molecule has 0 saturated carbocycles. The lowest BCUT2D eigenvalue weighted by Gasteiger charge is -2.18. The number of fused-ring (bicyclic) bond motifs is 1. The van der Waals surface area contributed by atoms with E-state index in [1.165, 1.54) is 4.90 Å².